The van der Waals surface area contributed by atoms with Crippen molar-refractivity contribution in [3.63, 3.8) is 0 Å². The van der Waals surface area contributed by atoms with Crippen LogP contribution in [0.4, 0.5) is 0 Å². The average molecular weight is 374 g/mol. The number of nitrogens with one attached hydrogen (secondary N) is 2. The Morgan fingerprint density at radius 3 is 2.30 bits per heavy atom. The molecule has 0 bridgehead atoms. The average Bonchev–Trinajstić information content (AvgIpc) is 2.65. The number of carbonyl (C=O) groups is 2. The fourth-order valence-corrected chi connectivity index (χ4v) is 3.57. The van der Waals surface area contributed by atoms with Crippen molar-refractivity contribution in [1.29, 1.82) is 0 Å². The van der Waals surface area contributed by atoms with Crippen molar-refractivity contribution >= 4 is 11.8 Å². The highest BCUT2D eigenvalue weighted by atomic mass is 16.2. The number of hydrogen-bond donors (Lipinski definition) is 2. The van der Waals surface area contributed by atoms with E-state index in [4.69, 9.17) is 0 Å². The molecule has 1 aromatic carbocycles. The monoisotopic (exact) mass is 373 g/mol. The summed E-state index contributed by atoms with van der Waals surface area (Å²) in [4.78, 5) is 27.6. The van der Waals surface area contributed by atoms with Crippen molar-refractivity contribution in [2.45, 2.75) is 65.0 Å². The lowest BCUT2D eigenvalue weighted by atomic mass is 9.97. The maximum absolute atomic E-state index is 12.8. The molecule has 1 heterocycles. The molecule has 0 aromatic heterocycles. The first-order valence-electron chi connectivity index (χ1n) is 10.2. The van der Waals surface area contributed by atoms with Crippen LogP contribution in [0.1, 0.15) is 52.5 Å². The standard InChI is InChI=1S/C22H35N3O2/c1-17(2)20(24-19(26)15-18-11-7-5-8-12-18)21(27)23-16-22(3,4)25-13-9-6-10-14-25/h5,7-8,11-12,17,20H,6,9-10,13-16H2,1-4H3,(H,23,27)(H,24,26). The molecule has 0 saturated carbocycles. The first-order chi connectivity index (χ1) is 12.8. The topological polar surface area (TPSA) is 61.4 Å². The van der Waals surface area contributed by atoms with E-state index in [-0.39, 0.29) is 29.7 Å². The van der Waals surface area contributed by atoms with Crippen LogP contribution >= 0.6 is 0 Å². The van der Waals surface area contributed by atoms with Crippen LogP contribution in [-0.2, 0) is 16.0 Å². The molecule has 27 heavy (non-hydrogen) atoms. The number of piperidine rings is 1. The normalized spacial score (nSPS) is 16.8. The number of rotatable bonds is 8. The van der Waals surface area contributed by atoms with E-state index in [9.17, 15) is 9.59 Å². The Bertz CT molecular complexity index is 607. The van der Waals surface area contributed by atoms with Crippen molar-refractivity contribution in [2.75, 3.05) is 19.6 Å². The maximum Gasteiger partial charge on any atom is 0.242 e. The van der Waals surface area contributed by atoms with Crippen molar-refractivity contribution in [1.82, 2.24) is 15.5 Å². The number of hydrogen-bond acceptors (Lipinski definition) is 3. The SMILES string of the molecule is CC(C)C(NC(=O)Cc1ccccc1)C(=O)NCC(C)(C)N1CCCCC1. The van der Waals surface area contributed by atoms with Crippen LogP contribution in [0.25, 0.3) is 0 Å². The number of benzene rings is 1. The molecule has 2 amide bonds. The van der Waals surface area contributed by atoms with Gasteiger partial charge in [0.05, 0.1) is 6.42 Å². The minimum Gasteiger partial charge on any atom is -0.352 e. The maximum atomic E-state index is 12.8. The molecule has 0 aliphatic carbocycles. The summed E-state index contributed by atoms with van der Waals surface area (Å²) in [5.74, 6) is -0.190. The molecule has 1 saturated heterocycles. The van der Waals surface area contributed by atoms with E-state index in [1.54, 1.807) is 0 Å². The van der Waals surface area contributed by atoms with Gasteiger partial charge in [-0.05, 0) is 51.3 Å². The van der Waals surface area contributed by atoms with Crippen molar-refractivity contribution in [3.05, 3.63) is 35.9 Å². The minimum absolute atomic E-state index is 0.0304. The molecule has 1 fully saturated rings. The number of likely N-dealkylation sites (tertiary alicyclic amines) is 1. The van der Waals surface area contributed by atoms with Crippen LogP contribution < -0.4 is 10.6 Å². The molecule has 1 aromatic rings. The summed E-state index contributed by atoms with van der Waals surface area (Å²) in [6, 6.07) is 9.08. The molecule has 2 N–H and O–H groups in total. The molecule has 1 atom stereocenters. The Balaban J connectivity index is 1.89. The second-order valence-corrected chi connectivity index (χ2v) is 8.53. The lowest BCUT2D eigenvalue weighted by Crippen LogP contribution is -2.57. The molecular formula is C22H35N3O2. The molecular weight excluding hydrogens is 338 g/mol. The first-order valence-corrected chi connectivity index (χ1v) is 10.2. The van der Waals surface area contributed by atoms with Crippen molar-refractivity contribution in [2.24, 2.45) is 5.92 Å². The molecule has 2 rings (SSSR count). The number of amides is 2. The van der Waals surface area contributed by atoms with Crippen molar-refractivity contribution < 1.29 is 9.59 Å². The van der Waals surface area contributed by atoms with E-state index in [1.165, 1.54) is 19.3 Å². The van der Waals surface area contributed by atoms with E-state index in [0.29, 0.717) is 6.54 Å². The fourth-order valence-electron chi connectivity index (χ4n) is 3.57. The Morgan fingerprint density at radius 2 is 1.70 bits per heavy atom. The Morgan fingerprint density at radius 1 is 1.07 bits per heavy atom. The quantitative estimate of drug-likeness (QED) is 0.737. The van der Waals surface area contributed by atoms with Crippen LogP contribution in [0, 0.1) is 5.92 Å². The van der Waals surface area contributed by atoms with Gasteiger partial charge in [-0.25, -0.2) is 0 Å². The van der Waals surface area contributed by atoms with Gasteiger partial charge in [-0.15, -0.1) is 0 Å². The van der Waals surface area contributed by atoms with Crippen molar-refractivity contribution in [3.8, 4) is 0 Å². The minimum atomic E-state index is -0.515. The largest absolute Gasteiger partial charge is 0.352 e. The first kappa shape index (κ1) is 21.4. The van der Waals surface area contributed by atoms with E-state index in [0.717, 1.165) is 18.7 Å². The van der Waals surface area contributed by atoms with Crippen LogP contribution in [0.5, 0.6) is 0 Å². The summed E-state index contributed by atoms with van der Waals surface area (Å²) in [7, 11) is 0. The van der Waals surface area contributed by atoms with Gasteiger partial charge in [-0.3, -0.25) is 14.5 Å². The van der Waals surface area contributed by atoms with Gasteiger partial charge in [0.2, 0.25) is 11.8 Å². The second kappa shape index (κ2) is 9.88. The molecule has 150 valence electrons. The van der Waals surface area contributed by atoms with Crippen LogP contribution in [0.3, 0.4) is 0 Å². The summed E-state index contributed by atoms with van der Waals surface area (Å²) in [6.07, 6.45) is 4.03. The van der Waals surface area contributed by atoms with E-state index in [2.05, 4.69) is 29.4 Å². The smallest absolute Gasteiger partial charge is 0.242 e. The third-order valence-corrected chi connectivity index (χ3v) is 5.38. The van der Waals surface area contributed by atoms with Gasteiger partial charge in [0.15, 0.2) is 0 Å². The molecule has 5 nitrogen and oxygen atoms in total. The summed E-state index contributed by atoms with van der Waals surface area (Å²) in [6.45, 7) is 11.0. The van der Waals surface area contributed by atoms with E-state index < -0.39 is 6.04 Å². The van der Waals surface area contributed by atoms with Gasteiger partial charge in [0.25, 0.3) is 0 Å². The number of nitrogens with zero attached hydrogens (tertiary/aromatic N) is 1. The summed E-state index contributed by atoms with van der Waals surface area (Å²) in [5, 5.41) is 5.99. The summed E-state index contributed by atoms with van der Waals surface area (Å²) in [5.41, 5.74) is 0.871. The Hall–Kier alpha value is -1.88. The van der Waals surface area contributed by atoms with Crippen LogP contribution in [0.15, 0.2) is 30.3 Å². The van der Waals surface area contributed by atoms with E-state index >= 15 is 0 Å². The fraction of sp³-hybridized carbons (Fsp3) is 0.636. The van der Waals surface area contributed by atoms with E-state index in [1.807, 2.05) is 44.2 Å². The highest BCUT2D eigenvalue weighted by Crippen LogP contribution is 2.20. The third-order valence-electron chi connectivity index (χ3n) is 5.38. The zero-order valence-corrected chi connectivity index (χ0v) is 17.3. The molecule has 0 spiro atoms. The molecule has 1 aliphatic rings. The zero-order valence-electron chi connectivity index (χ0n) is 17.3. The van der Waals surface area contributed by atoms with Gasteiger partial charge < -0.3 is 10.6 Å². The lowest BCUT2D eigenvalue weighted by molar-refractivity contribution is -0.130. The second-order valence-electron chi connectivity index (χ2n) is 8.53. The van der Waals surface area contributed by atoms with Gasteiger partial charge >= 0.3 is 0 Å². The van der Waals surface area contributed by atoms with Gasteiger partial charge in [-0.2, -0.15) is 0 Å². The van der Waals surface area contributed by atoms with Crippen LogP contribution in [0.2, 0.25) is 0 Å². The zero-order chi connectivity index (χ0) is 19.9. The molecule has 0 radical (unpaired) electrons. The number of carbonyl (C=O) groups excluding carboxylic acids is 2. The predicted molar refractivity (Wildman–Crippen MR) is 109 cm³/mol. The molecule has 1 unspecified atom stereocenters. The molecule has 5 heteroatoms. The summed E-state index contributed by atoms with van der Waals surface area (Å²) >= 11 is 0. The predicted octanol–water partition coefficient (Wildman–Crippen LogP) is 2.75. The lowest BCUT2D eigenvalue weighted by Gasteiger charge is -2.41. The molecule has 1 aliphatic heterocycles. The van der Waals surface area contributed by atoms with Gasteiger partial charge in [0, 0.05) is 12.1 Å². The van der Waals surface area contributed by atoms with Gasteiger partial charge in [0.1, 0.15) is 6.04 Å². The Kier molecular flexibility index (Phi) is 7.84. The summed E-state index contributed by atoms with van der Waals surface area (Å²) < 4.78 is 0. The highest BCUT2D eigenvalue weighted by molar-refractivity contribution is 5.88. The Labute approximate surface area is 163 Å². The highest BCUT2D eigenvalue weighted by Gasteiger charge is 2.30. The third kappa shape index (κ3) is 6.65. The van der Waals surface area contributed by atoms with Crippen LogP contribution in [-0.4, -0.2) is 47.9 Å². The van der Waals surface area contributed by atoms with Gasteiger partial charge in [-0.1, -0.05) is 50.6 Å².